The van der Waals surface area contributed by atoms with Gasteiger partial charge < -0.3 is 28.8 Å². The predicted octanol–water partition coefficient (Wildman–Crippen LogP) is 1.93. The van der Waals surface area contributed by atoms with E-state index in [1.807, 2.05) is 0 Å². The first-order valence-corrected chi connectivity index (χ1v) is 8.47. The summed E-state index contributed by atoms with van der Waals surface area (Å²) < 4.78 is 21.9. The molecule has 1 heterocycles. The second-order valence-electron chi connectivity index (χ2n) is 6.34. The fourth-order valence-corrected chi connectivity index (χ4v) is 3.00. The van der Waals surface area contributed by atoms with E-state index in [4.69, 9.17) is 18.9 Å². The Hall–Kier alpha value is -0.530. The molecule has 6 nitrogen and oxygen atoms in total. The van der Waals surface area contributed by atoms with Crippen molar-refractivity contribution in [1.82, 2.24) is 0 Å². The van der Waals surface area contributed by atoms with Crippen molar-refractivity contribution in [2.45, 2.75) is 69.9 Å². The zero-order valence-corrected chi connectivity index (χ0v) is 14.6. The Bertz CT molecular complexity index is 311. The lowest BCUT2D eigenvalue weighted by molar-refractivity contribution is -0.117. The minimum Gasteiger partial charge on any atom is -0.393 e. The van der Waals surface area contributed by atoms with E-state index in [1.165, 1.54) is 0 Å². The molecule has 0 aliphatic carbocycles. The number of rotatable bonds is 12. The van der Waals surface area contributed by atoms with Gasteiger partial charge in [-0.2, -0.15) is 0 Å². The zero-order valence-electron chi connectivity index (χ0n) is 14.6. The van der Waals surface area contributed by atoms with E-state index in [2.05, 4.69) is 6.92 Å². The third-order valence-electron chi connectivity index (χ3n) is 4.46. The van der Waals surface area contributed by atoms with E-state index in [-0.39, 0.29) is 24.7 Å². The summed E-state index contributed by atoms with van der Waals surface area (Å²) in [5.41, 5.74) is 0. The smallest absolute Gasteiger partial charge is 0.146 e. The van der Waals surface area contributed by atoms with Crippen LogP contribution in [0.2, 0.25) is 0 Å². The monoisotopic (exact) mass is 332 g/mol. The average molecular weight is 332 g/mol. The van der Waals surface area contributed by atoms with Crippen molar-refractivity contribution in [2.24, 2.45) is 5.92 Å². The normalized spacial score (nSPS) is 27.6. The molecule has 0 spiro atoms. The van der Waals surface area contributed by atoms with Gasteiger partial charge in [-0.15, -0.1) is 0 Å². The molecule has 0 amide bonds. The summed E-state index contributed by atoms with van der Waals surface area (Å²) >= 11 is 0. The molecule has 6 heteroatoms. The minimum absolute atomic E-state index is 0.0964. The van der Waals surface area contributed by atoms with Crippen LogP contribution in [-0.2, 0) is 23.7 Å². The number of hydrogen-bond donors (Lipinski definition) is 1. The fourth-order valence-electron chi connectivity index (χ4n) is 3.00. The molecule has 1 aliphatic heterocycles. The van der Waals surface area contributed by atoms with Gasteiger partial charge in [-0.3, -0.25) is 0 Å². The molecule has 1 saturated heterocycles. The Morgan fingerprint density at radius 1 is 1.35 bits per heavy atom. The highest BCUT2D eigenvalue weighted by Gasteiger charge is 2.30. The largest absolute Gasteiger partial charge is 0.393 e. The maximum atomic E-state index is 10.5. The van der Waals surface area contributed by atoms with Crippen molar-refractivity contribution < 1.29 is 28.8 Å². The lowest BCUT2D eigenvalue weighted by atomic mass is 9.88. The molecule has 0 bridgehead atoms. The van der Waals surface area contributed by atoms with E-state index in [0.29, 0.717) is 25.7 Å². The van der Waals surface area contributed by atoms with Crippen LogP contribution < -0.4 is 0 Å². The molecule has 0 aromatic heterocycles. The highest BCUT2D eigenvalue weighted by atomic mass is 16.7. The third-order valence-corrected chi connectivity index (χ3v) is 4.46. The van der Waals surface area contributed by atoms with Crippen LogP contribution in [0, 0.1) is 5.92 Å². The van der Waals surface area contributed by atoms with Crippen molar-refractivity contribution in [3.8, 4) is 0 Å². The average Bonchev–Trinajstić information content (AvgIpc) is 2.54. The van der Waals surface area contributed by atoms with Crippen LogP contribution in [0.4, 0.5) is 0 Å². The molecule has 136 valence electrons. The Morgan fingerprint density at radius 3 is 2.78 bits per heavy atom. The summed E-state index contributed by atoms with van der Waals surface area (Å²) in [6.07, 6.45) is 4.69. The van der Waals surface area contributed by atoms with Crippen molar-refractivity contribution in [3.05, 3.63) is 0 Å². The van der Waals surface area contributed by atoms with Crippen LogP contribution in [0.3, 0.4) is 0 Å². The number of aliphatic hydroxyl groups excluding tert-OH is 1. The summed E-state index contributed by atoms with van der Waals surface area (Å²) in [6, 6.07) is 0. The van der Waals surface area contributed by atoms with Gasteiger partial charge in [-0.05, 0) is 31.6 Å². The molecular weight excluding hydrogens is 300 g/mol. The summed E-state index contributed by atoms with van der Waals surface area (Å²) in [5.74, 6) is 0.465. The molecule has 0 saturated carbocycles. The lowest BCUT2D eigenvalue weighted by Gasteiger charge is -2.36. The maximum Gasteiger partial charge on any atom is 0.146 e. The molecular formula is C17H32O6. The predicted molar refractivity (Wildman–Crippen MR) is 86.2 cm³/mol. The van der Waals surface area contributed by atoms with Gasteiger partial charge in [-0.25, -0.2) is 0 Å². The standard InChI is InChI=1S/C17H32O6/c1-13-4-5-15(7-9-22-12-20-2)23-17(13)11-16(21-3)10-14(19)6-8-18/h8,13-17,19H,4-7,9-12H2,1-3H3/t13-,14-,15-,16-,17+/m0/s1. The molecule has 1 N–H and O–H groups in total. The SMILES string of the molecule is COCOCC[C@@H]1CC[C@H](C)[C@@H](C[C@H](C[C@@H](O)CC=O)OC)O1. The van der Waals surface area contributed by atoms with E-state index in [0.717, 1.165) is 32.0 Å². The lowest BCUT2D eigenvalue weighted by Crippen LogP contribution is -2.38. The Morgan fingerprint density at radius 2 is 2.13 bits per heavy atom. The van der Waals surface area contributed by atoms with Crippen LogP contribution in [0.1, 0.15) is 45.4 Å². The van der Waals surface area contributed by atoms with Crippen LogP contribution in [0.5, 0.6) is 0 Å². The molecule has 1 fully saturated rings. The van der Waals surface area contributed by atoms with Crippen LogP contribution >= 0.6 is 0 Å². The van der Waals surface area contributed by atoms with Crippen molar-refractivity contribution in [2.75, 3.05) is 27.6 Å². The number of carbonyl (C=O) groups excluding carboxylic acids is 1. The second kappa shape index (κ2) is 11.9. The van der Waals surface area contributed by atoms with Gasteiger partial charge in [0, 0.05) is 27.1 Å². The first-order valence-electron chi connectivity index (χ1n) is 8.47. The first-order chi connectivity index (χ1) is 11.1. The van der Waals surface area contributed by atoms with Gasteiger partial charge >= 0.3 is 0 Å². The highest BCUT2D eigenvalue weighted by molar-refractivity contribution is 5.49. The van der Waals surface area contributed by atoms with Crippen molar-refractivity contribution in [1.29, 1.82) is 0 Å². The molecule has 1 rings (SSSR count). The van der Waals surface area contributed by atoms with Gasteiger partial charge in [0.15, 0.2) is 0 Å². The minimum atomic E-state index is -0.644. The fraction of sp³-hybridized carbons (Fsp3) is 0.941. The molecule has 0 unspecified atom stereocenters. The summed E-state index contributed by atoms with van der Waals surface area (Å²) in [4.78, 5) is 10.5. The van der Waals surface area contributed by atoms with Gasteiger partial charge in [0.05, 0.1) is 31.0 Å². The summed E-state index contributed by atoms with van der Waals surface area (Å²) in [6.45, 7) is 3.13. The number of ether oxygens (including phenoxy) is 4. The van der Waals surface area contributed by atoms with Crippen LogP contribution in [-0.4, -0.2) is 63.4 Å². The Kier molecular flexibility index (Phi) is 10.6. The molecule has 5 atom stereocenters. The Balaban J connectivity index is 2.40. The molecule has 0 aromatic rings. The quantitative estimate of drug-likeness (QED) is 0.334. The van der Waals surface area contributed by atoms with Crippen molar-refractivity contribution >= 4 is 6.29 Å². The summed E-state index contributed by atoms with van der Waals surface area (Å²) in [5, 5.41) is 9.78. The van der Waals surface area contributed by atoms with Gasteiger partial charge in [0.1, 0.15) is 13.1 Å². The topological polar surface area (TPSA) is 74.2 Å². The summed E-state index contributed by atoms with van der Waals surface area (Å²) in [7, 11) is 3.25. The third kappa shape index (κ3) is 8.22. The number of carbonyl (C=O) groups is 1. The molecule has 23 heavy (non-hydrogen) atoms. The van der Waals surface area contributed by atoms with E-state index >= 15 is 0 Å². The first kappa shape index (κ1) is 20.5. The van der Waals surface area contributed by atoms with E-state index in [1.54, 1.807) is 14.2 Å². The number of aliphatic hydroxyl groups is 1. The highest BCUT2D eigenvalue weighted by Crippen LogP contribution is 2.30. The second-order valence-corrected chi connectivity index (χ2v) is 6.34. The number of methoxy groups -OCH3 is 2. The molecule has 0 aromatic carbocycles. The van der Waals surface area contributed by atoms with Gasteiger partial charge in [0.2, 0.25) is 0 Å². The van der Waals surface area contributed by atoms with Crippen molar-refractivity contribution in [3.63, 3.8) is 0 Å². The van der Waals surface area contributed by atoms with E-state index < -0.39 is 6.10 Å². The van der Waals surface area contributed by atoms with E-state index in [9.17, 15) is 9.90 Å². The Labute approximate surface area is 139 Å². The van der Waals surface area contributed by atoms with Gasteiger partial charge in [-0.1, -0.05) is 6.92 Å². The van der Waals surface area contributed by atoms with Crippen LogP contribution in [0.15, 0.2) is 0 Å². The van der Waals surface area contributed by atoms with Crippen LogP contribution in [0.25, 0.3) is 0 Å². The molecule has 0 radical (unpaired) electrons. The number of aldehydes is 1. The number of hydrogen-bond acceptors (Lipinski definition) is 6. The maximum absolute atomic E-state index is 10.5. The zero-order chi connectivity index (χ0) is 17.1. The van der Waals surface area contributed by atoms with Gasteiger partial charge in [0.25, 0.3) is 0 Å². The molecule has 1 aliphatic rings.